The number of allylic oxidation sites excluding steroid dienone is 3. The van der Waals surface area contributed by atoms with Gasteiger partial charge in [0.25, 0.3) is 0 Å². The van der Waals surface area contributed by atoms with Crippen molar-refractivity contribution in [1.82, 2.24) is 4.98 Å². The average molecular weight is 546 g/mol. The minimum Gasteiger partial charge on any atom is -0.435 e. The van der Waals surface area contributed by atoms with Crippen molar-refractivity contribution in [2.24, 2.45) is 4.99 Å². The first kappa shape index (κ1) is 33.2. The Morgan fingerprint density at radius 3 is 2.37 bits per heavy atom. The number of benzene rings is 1. The Balaban J connectivity index is 0.000000437. The fourth-order valence-electron chi connectivity index (χ4n) is 3.65. The van der Waals surface area contributed by atoms with Crippen LogP contribution in [0.1, 0.15) is 89.6 Å². The number of nitrogens with one attached hydrogen (secondary N) is 1. The Bertz CT molecular complexity index is 1120. The lowest BCUT2D eigenvalue weighted by molar-refractivity contribution is -0.0504. The molecule has 2 rings (SSSR count). The summed E-state index contributed by atoms with van der Waals surface area (Å²) in [6, 6.07) is 6.94. The number of unbranched alkanes of at least 4 members (excludes halogenated alkanes) is 1. The summed E-state index contributed by atoms with van der Waals surface area (Å²) in [6.45, 7) is 11.5. The fraction of sp³-hybridized carbons (Fsp3) is 0.452. The van der Waals surface area contributed by atoms with E-state index in [4.69, 9.17) is 22.0 Å². The number of hydrogen-bond donors (Lipinski definition) is 1. The van der Waals surface area contributed by atoms with Gasteiger partial charge in [-0.05, 0) is 82.3 Å². The van der Waals surface area contributed by atoms with Crippen molar-refractivity contribution < 1.29 is 13.5 Å². The summed E-state index contributed by atoms with van der Waals surface area (Å²) in [5.74, 6) is 0.214. The zero-order chi connectivity index (χ0) is 28.7. The lowest BCUT2D eigenvalue weighted by Gasteiger charge is -2.10. The minimum absolute atomic E-state index is 0.214. The second-order valence-electron chi connectivity index (χ2n) is 9.27. The summed E-state index contributed by atoms with van der Waals surface area (Å²) in [6.07, 6.45) is 13.0. The second-order valence-corrected chi connectivity index (χ2v) is 9.71. The van der Waals surface area contributed by atoms with Gasteiger partial charge in [0.2, 0.25) is 0 Å². The highest BCUT2D eigenvalue weighted by atomic mass is 35.5. The summed E-state index contributed by atoms with van der Waals surface area (Å²) in [7, 11) is 0. The fourth-order valence-corrected chi connectivity index (χ4v) is 3.85. The van der Waals surface area contributed by atoms with Gasteiger partial charge in [0.05, 0.1) is 11.7 Å². The summed E-state index contributed by atoms with van der Waals surface area (Å²) < 4.78 is 28.3. The van der Waals surface area contributed by atoms with Crippen molar-refractivity contribution in [2.75, 3.05) is 0 Å². The third-order valence-electron chi connectivity index (χ3n) is 5.71. The number of halogens is 3. The lowest BCUT2D eigenvalue weighted by atomic mass is 10.0. The van der Waals surface area contributed by atoms with Gasteiger partial charge in [0.1, 0.15) is 5.75 Å². The molecular formula is C31H42ClF2N3O. The number of alkyl halides is 2. The summed E-state index contributed by atoms with van der Waals surface area (Å²) in [4.78, 5) is 9.30. The molecule has 4 nitrogen and oxygen atoms in total. The first-order valence-electron chi connectivity index (χ1n) is 13.2. The Kier molecular flexibility index (Phi) is 15.4. The van der Waals surface area contributed by atoms with E-state index in [1.807, 2.05) is 20.1 Å². The molecule has 1 atom stereocenters. The summed E-state index contributed by atoms with van der Waals surface area (Å²) in [5.41, 5.74) is 6.43. The molecule has 0 spiro atoms. The van der Waals surface area contributed by atoms with Crippen molar-refractivity contribution in [1.29, 1.82) is 5.41 Å². The Labute approximate surface area is 232 Å². The van der Waals surface area contributed by atoms with Crippen LogP contribution < -0.4 is 4.74 Å². The van der Waals surface area contributed by atoms with E-state index in [9.17, 15) is 8.78 Å². The zero-order valence-corrected chi connectivity index (χ0v) is 24.5. The molecule has 0 saturated carbocycles. The standard InChI is InChI=1S/C21H31N3.C10H11ClF2O/c1-7-9-10-11-18(8-2)23-13-19(15(3)4)21-12-16(5)20(14-24-21)17(6)22;1-2-3-7-6-8(11)4-5-9(7)14-10(12)13/h10-14,18,22H,7-9H2,1-6H3;4-6,10H,2-3H2,1H3/b11-10-,22-17?,23-13?;. The van der Waals surface area contributed by atoms with Crippen molar-refractivity contribution in [2.45, 2.75) is 93.2 Å². The van der Waals surface area contributed by atoms with E-state index in [1.54, 1.807) is 25.3 Å². The summed E-state index contributed by atoms with van der Waals surface area (Å²) in [5, 5.41) is 8.33. The third-order valence-corrected chi connectivity index (χ3v) is 5.95. The molecule has 0 aliphatic carbocycles. The van der Waals surface area contributed by atoms with E-state index in [2.05, 4.69) is 55.6 Å². The molecule has 1 unspecified atom stereocenters. The molecule has 1 aromatic carbocycles. The van der Waals surface area contributed by atoms with Gasteiger partial charge in [-0.1, -0.05) is 62.9 Å². The van der Waals surface area contributed by atoms with Gasteiger partial charge in [0.15, 0.2) is 0 Å². The normalized spacial score (nSPS) is 12.0. The second kappa shape index (κ2) is 17.6. The van der Waals surface area contributed by atoms with Crippen LogP contribution >= 0.6 is 11.6 Å². The van der Waals surface area contributed by atoms with E-state index in [1.165, 1.54) is 11.6 Å². The van der Waals surface area contributed by atoms with E-state index in [-0.39, 0.29) is 11.8 Å². The number of aryl methyl sites for hydroxylation is 2. The highest BCUT2D eigenvalue weighted by Crippen LogP contribution is 2.25. The predicted octanol–water partition coefficient (Wildman–Crippen LogP) is 9.67. The first-order valence-corrected chi connectivity index (χ1v) is 13.5. The number of aliphatic imine (C=N–C) groups is 1. The molecule has 0 aliphatic rings. The van der Waals surface area contributed by atoms with Crippen LogP contribution in [0.15, 0.2) is 53.2 Å². The van der Waals surface area contributed by atoms with E-state index in [0.29, 0.717) is 17.2 Å². The van der Waals surface area contributed by atoms with Gasteiger partial charge in [-0.25, -0.2) is 0 Å². The van der Waals surface area contributed by atoms with Crippen LogP contribution in [0.5, 0.6) is 5.75 Å². The van der Waals surface area contributed by atoms with Crippen molar-refractivity contribution in [3.8, 4) is 5.75 Å². The quantitative estimate of drug-likeness (QED) is 0.213. The Morgan fingerprint density at radius 1 is 1.13 bits per heavy atom. The van der Waals surface area contributed by atoms with Crippen LogP contribution in [0.25, 0.3) is 5.57 Å². The van der Waals surface area contributed by atoms with Gasteiger partial charge in [-0.15, -0.1) is 0 Å². The predicted molar refractivity (Wildman–Crippen MR) is 158 cm³/mol. The SMILES string of the molecule is CCC/C=C\C(CC)N=CC(=C(C)C)c1cc(C)c(C(C)=N)cn1.CCCc1cc(Cl)ccc1OC(F)F. The topological polar surface area (TPSA) is 58.3 Å². The van der Waals surface area contributed by atoms with E-state index in [0.717, 1.165) is 53.6 Å². The molecule has 38 heavy (non-hydrogen) atoms. The van der Waals surface area contributed by atoms with Crippen LogP contribution in [0.2, 0.25) is 5.02 Å². The maximum atomic E-state index is 12.0. The zero-order valence-electron chi connectivity index (χ0n) is 23.7. The van der Waals surface area contributed by atoms with Crippen molar-refractivity contribution in [3.63, 3.8) is 0 Å². The number of rotatable bonds is 12. The molecule has 0 radical (unpaired) electrons. The molecule has 0 saturated heterocycles. The van der Waals surface area contributed by atoms with Crippen LogP contribution in [-0.4, -0.2) is 29.6 Å². The molecule has 2 aromatic rings. The summed E-state index contributed by atoms with van der Waals surface area (Å²) >= 11 is 5.75. The third kappa shape index (κ3) is 11.7. The molecule has 1 aromatic heterocycles. The highest BCUT2D eigenvalue weighted by Gasteiger charge is 2.10. The number of aromatic nitrogens is 1. The van der Waals surface area contributed by atoms with Gasteiger partial charge < -0.3 is 10.1 Å². The maximum absolute atomic E-state index is 12.0. The van der Waals surface area contributed by atoms with Gasteiger partial charge >= 0.3 is 6.61 Å². The highest BCUT2D eigenvalue weighted by molar-refractivity contribution is 6.30. The van der Waals surface area contributed by atoms with Gasteiger partial charge in [-0.3, -0.25) is 9.98 Å². The molecule has 0 amide bonds. The monoisotopic (exact) mass is 545 g/mol. The number of pyridine rings is 1. The molecular weight excluding hydrogens is 504 g/mol. The molecule has 1 heterocycles. The maximum Gasteiger partial charge on any atom is 0.387 e. The minimum atomic E-state index is -2.79. The van der Waals surface area contributed by atoms with Crippen LogP contribution in [0.3, 0.4) is 0 Å². The molecule has 0 aliphatic heterocycles. The smallest absolute Gasteiger partial charge is 0.387 e. The molecule has 0 bridgehead atoms. The number of hydrogen-bond acceptors (Lipinski definition) is 4. The number of nitrogens with zero attached hydrogens (tertiary/aromatic N) is 2. The van der Waals surface area contributed by atoms with Crippen molar-refractivity contribution >= 4 is 29.1 Å². The van der Waals surface area contributed by atoms with Crippen molar-refractivity contribution in [3.05, 3.63) is 75.6 Å². The molecule has 0 fully saturated rings. The Morgan fingerprint density at radius 2 is 1.84 bits per heavy atom. The molecule has 7 heteroatoms. The largest absolute Gasteiger partial charge is 0.435 e. The van der Waals surface area contributed by atoms with Crippen LogP contribution in [0, 0.1) is 12.3 Å². The lowest BCUT2D eigenvalue weighted by Crippen LogP contribution is -2.04. The first-order chi connectivity index (χ1) is 18.0. The van der Waals surface area contributed by atoms with Crippen LogP contribution in [0.4, 0.5) is 8.78 Å². The van der Waals surface area contributed by atoms with Gasteiger partial charge in [0, 0.05) is 34.3 Å². The molecule has 208 valence electrons. The van der Waals surface area contributed by atoms with E-state index < -0.39 is 6.61 Å². The Hall–Kier alpha value is -2.86. The van der Waals surface area contributed by atoms with E-state index >= 15 is 0 Å². The average Bonchev–Trinajstić information content (AvgIpc) is 2.85. The molecule has 1 N–H and O–H groups in total. The van der Waals surface area contributed by atoms with Gasteiger partial charge in [-0.2, -0.15) is 8.78 Å². The van der Waals surface area contributed by atoms with Crippen LogP contribution in [-0.2, 0) is 6.42 Å². The number of ether oxygens (including phenoxy) is 1.